The standard InChI is InChI=1S/C15H21NO2/c1-10-5-11(2)7-14(6-10)15(17)16-8-12(3)18-13(4)9-16/h5-7,12-13H,8-9H2,1-4H3/t12-,13-/m0/s1. The Morgan fingerprint density at radius 1 is 1.11 bits per heavy atom. The van der Waals surface area contributed by atoms with Gasteiger partial charge in [0, 0.05) is 18.7 Å². The molecule has 3 nitrogen and oxygen atoms in total. The third-order valence-electron chi connectivity index (χ3n) is 3.18. The molecule has 0 aromatic heterocycles. The fourth-order valence-corrected chi connectivity index (χ4v) is 2.62. The molecule has 1 fully saturated rings. The Balaban J connectivity index is 2.20. The van der Waals surface area contributed by atoms with E-state index in [1.165, 1.54) is 0 Å². The molecule has 1 aliphatic rings. The van der Waals surface area contributed by atoms with Gasteiger partial charge in [-0.2, -0.15) is 0 Å². The van der Waals surface area contributed by atoms with Crippen LogP contribution in [0.5, 0.6) is 0 Å². The summed E-state index contributed by atoms with van der Waals surface area (Å²) < 4.78 is 5.66. The molecule has 18 heavy (non-hydrogen) atoms. The number of carbonyl (C=O) groups is 1. The molecular formula is C15H21NO2. The van der Waals surface area contributed by atoms with Crippen molar-refractivity contribution in [3.63, 3.8) is 0 Å². The van der Waals surface area contributed by atoms with Crippen LogP contribution in [0.2, 0.25) is 0 Å². The van der Waals surface area contributed by atoms with Crippen molar-refractivity contribution in [1.29, 1.82) is 0 Å². The number of ether oxygens (including phenoxy) is 1. The largest absolute Gasteiger partial charge is 0.372 e. The quantitative estimate of drug-likeness (QED) is 0.763. The van der Waals surface area contributed by atoms with E-state index in [0.717, 1.165) is 16.7 Å². The molecule has 1 aromatic carbocycles. The zero-order chi connectivity index (χ0) is 13.3. The molecule has 1 amide bonds. The lowest BCUT2D eigenvalue weighted by Gasteiger charge is -2.35. The second-order valence-electron chi connectivity index (χ2n) is 5.34. The zero-order valence-corrected chi connectivity index (χ0v) is 11.6. The second-order valence-corrected chi connectivity index (χ2v) is 5.34. The molecule has 1 heterocycles. The van der Waals surface area contributed by atoms with Crippen molar-refractivity contribution in [3.8, 4) is 0 Å². The smallest absolute Gasteiger partial charge is 0.254 e. The molecule has 0 spiro atoms. The molecule has 3 heteroatoms. The predicted octanol–water partition coefficient (Wildman–Crippen LogP) is 2.55. The van der Waals surface area contributed by atoms with Crippen molar-refractivity contribution in [3.05, 3.63) is 34.9 Å². The van der Waals surface area contributed by atoms with E-state index in [-0.39, 0.29) is 18.1 Å². The molecule has 2 atom stereocenters. The highest BCUT2D eigenvalue weighted by molar-refractivity contribution is 5.94. The molecule has 2 rings (SSSR count). The van der Waals surface area contributed by atoms with Crippen molar-refractivity contribution in [2.45, 2.75) is 39.9 Å². The van der Waals surface area contributed by atoms with Crippen molar-refractivity contribution in [2.24, 2.45) is 0 Å². The van der Waals surface area contributed by atoms with Gasteiger partial charge >= 0.3 is 0 Å². The highest BCUT2D eigenvalue weighted by atomic mass is 16.5. The number of benzene rings is 1. The van der Waals surface area contributed by atoms with E-state index in [9.17, 15) is 4.79 Å². The van der Waals surface area contributed by atoms with Crippen molar-refractivity contribution in [1.82, 2.24) is 4.90 Å². The Bertz CT molecular complexity index is 426. The van der Waals surface area contributed by atoms with Crippen LogP contribution in [0, 0.1) is 13.8 Å². The van der Waals surface area contributed by atoms with Gasteiger partial charge in [-0.1, -0.05) is 17.2 Å². The molecule has 0 saturated carbocycles. The minimum absolute atomic E-state index is 0.114. The lowest BCUT2D eigenvalue weighted by molar-refractivity contribution is -0.0586. The number of nitrogens with zero attached hydrogens (tertiary/aromatic N) is 1. The molecule has 1 saturated heterocycles. The first-order valence-electron chi connectivity index (χ1n) is 6.48. The van der Waals surface area contributed by atoms with Gasteiger partial charge in [0.15, 0.2) is 0 Å². The van der Waals surface area contributed by atoms with Crippen LogP contribution < -0.4 is 0 Å². The van der Waals surface area contributed by atoms with Crippen molar-refractivity contribution >= 4 is 5.91 Å². The number of carbonyl (C=O) groups excluding carboxylic acids is 1. The Morgan fingerprint density at radius 2 is 1.61 bits per heavy atom. The Hall–Kier alpha value is -1.35. The molecule has 0 radical (unpaired) electrons. The van der Waals surface area contributed by atoms with Gasteiger partial charge in [-0.05, 0) is 39.8 Å². The van der Waals surface area contributed by atoms with Crippen LogP contribution in [-0.4, -0.2) is 36.1 Å². The van der Waals surface area contributed by atoms with Gasteiger partial charge in [-0.15, -0.1) is 0 Å². The summed E-state index contributed by atoms with van der Waals surface area (Å²) in [4.78, 5) is 14.4. The van der Waals surface area contributed by atoms with E-state index in [4.69, 9.17) is 4.74 Å². The topological polar surface area (TPSA) is 29.5 Å². The molecule has 1 aliphatic heterocycles. The van der Waals surface area contributed by atoms with Gasteiger partial charge in [0.05, 0.1) is 12.2 Å². The fraction of sp³-hybridized carbons (Fsp3) is 0.533. The first kappa shape index (κ1) is 13.1. The maximum absolute atomic E-state index is 12.5. The van der Waals surface area contributed by atoms with Crippen LogP contribution in [0.4, 0.5) is 0 Å². The number of amides is 1. The Kier molecular flexibility index (Phi) is 3.71. The highest BCUT2D eigenvalue weighted by Gasteiger charge is 2.26. The molecule has 98 valence electrons. The van der Waals surface area contributed by atoms with E-state index in [1.807, 2.05) is 44.7 Å². The predicted molar refractivity (Wildman–Crippen MR) is 71.8 cm³/mol. The molecule has 0 aliphatic carbocycles. The average Bonchev–Trinajstić information content (AvgIpc) is 2.25. The highest BCUT2D eigenvalue weighted by Crippen LogP contribution is 2.16. The van der Waals surface area contributed by atoms with E-state index in [0.29, 0.717) is 13.1 Å². The Morgan fingerprint density at radius 3 is 2.11 bits per heavy atom. The minimum Gasteiger partial charge on any atom is -0.372 e. The summed E-state index contributed by atoms with van der Waals surface area (Å²) in [6, 6.07) is 6.00. The van der Waals surface area contributed by atoms with Crippen LogP contribution in [0.25, 0.3) is 0 Å². The molecule has 1 aromatic rings. The summed E-state index contributed by atoms with van der Waals surface area (Å²) in [5, 5.41) is 0. The molecular weight excluding hydrogens is 226 g/mol. The normalized spacial score (nSPS) is 24.1. The molecule has 0 unspecified atom stereocenters. The second kappa shape index (κ2) is 5.11. The van der Waals surface area contributed by atoms with Crippen LogP contribution in [-0.2, 0) is 4.74 Å². The van der Waals surface area contributed by atoms with Gasteiger partial charge in [0.2, 0.25) is 0 Å². The fourth-order valence-electron chi connectivity index (χ4n) is 2.62. The van der Waals surface area contributed by atoms with E-state index < -0.39 is 0 Å². The summed E-state index contributed by atoms with van der Waals surface area (Å²) in [5.74, 6) is 0.115. The van der Waals surface area contributed by atoms with Crippen molar-refractivity contribution < 1.29 is 9.53 Å². The summed E-state index contributed by atoms with van der Waals surface area (Å²) in [7, 11) is 0. The van der Waals surface area contributed by atoms with Crippen LogP contribution in [0.3, 0.4) is 0 Å². The first-order chi connectivity index (χ1) is 8.45. The average molecular weight is 247 g/mol. The molecule has 0 bridgehead atoms. The number of aryl methyl sites for hydroxylation is 2. The number of hydrogen-bond acceptors (Lipinski definition) is 2. The van der Waals surface area contributed by atoms with Gasteiger partial charge in [-0.25, -0.2) is 0 Å². The van der Waals surface area contributed by atoms with Crippen LogP contribution in [0.1, 0.15) is 35.3 Å². The zero-order valence-electron chi connectivity index (χ0n) is 11.6. The van der Waals surface area contributed by atoms with Gasteiger partial charge in [0.1, 0.15) is 0 Å². The maximum Gasteiger partial charge on any atom is 0.254 e. The van der Waals surface area contributed by atoms with Gasteiger partial charge in [0.25, 0.3) is 5.91 Å². The monoisotopic (exact) mass is 247 g/mol. The lowest BCUT2D eigenvalue weighted by Crippen LogP contribution is -2.48. The lowest BCUT2D eigenvalue weighted by atomic mass is 10.1. The first-order valence-corrected chi connectivity index (χ1v) is 6.48. The number of rotatable bonds is 1. The van der Waals surface area contributed by atoms with E-state index in [2.05, 4.69) is 6.07 Å². The molecule has 0 N–H and O–H groups in total. The SMILES string of the molecule is Cc1cc(C)cc(C(=O)N2C[C@H](C)O[C@@H](C)C2)c1. The summed E-state index contributed by atoms with van der Waals surface area (Å²) in [5.41, 5.74) is 3.05. The number of morpholine rings is 1. The number of hydrogen-bond donors (Lipinski definition) is 0. The van der Waals surface area contributed by atoms with Crippen LogP contribution in [0.15, 0.2) is 18.2 Å². The van der Waals surface area contributed by atoms with Gasteiger partial charge in [-0.3, -0.25) is 4.79 Å². The Labute approximate surface area is 109 Å². The van der Waals surface area contributed by atoms with Crippen LogP contribution >= 0.6 is 0 Å². The third kappa shape index (κ3) is 2.91. The summed E-state index contributed by atoms with van der Waals surface area (Å²) in [6.45, 7) is 9.42. The van der Waals surface area contributed by atoms with E-state index in [1.54, 1.807) is 0 Å². The minimum atomic E-state index is 0.114. The van der Waals surface area contributed by atoms with E-state index >= 15 is 0 Å². The summed E-state index contributed by atoms with van der Waals surface area (Å²) in [6.07, 6.45) is 0.229. The third-order valence-corrected chi connectivity index (χ3v) is 3.18. The van der Waals surface area contributed by atoms with Crippen molar-refractivity contribution in [2.75, 3.05) is 13.1 Å². The summed E-state index contributed by atoms with van der Waals surface area (Å²) >= 11 is 0. The van der Waals surface area contributed by atoms with Gasteiger partial charge < -0.3 is 9.64 Å². The maximum atomic E-state index is 12.5.